The van der Waals surface area contributed by atoms with Gasteiger partial charge in [-0.3, -0.25) is 4.98 Å². The number of aromatic hydroxyl groups is 1. The lowest BCUT2D eigenvalue weighted by molar-refractivity contribution is 0.188. The topological polar surface area (TPSA) is 128 Å². The summed E-state index contributed by atoms with van der Waals surface area (Å²) in [6.07, 6.45) is 3.04. The van der Waals surface area contributed by atoms with E-state index in [2.05, 4.69) is 4.98 Å². The summed E-state index contributed by atoms with van der Waals surface area (Å²) in [7, 11) is -3.66. The minimum Gasteiger partial charge on any atom is -0.507 e. The first-order chi connectivity index (χ1) is 16.4. The number of benzene rings is 2. The molecule has 34 heavy (non-hydrogen) atoms. The quantitative estimate of drug-likeness (QED) is 0.364. The maximum atomic E-state index is 12.4. The number of hydrogen-bond acceptors (Lipinski definition) is 7. The van der Waals surface area contributed by atoms with Crippen LogP contribution in [0.1, 0.15) is 24.1 Å². The molecule has 0 radical (unpaired) electrons. The van der Waals surface area contributed by atoms with E-state index in [4.69, 9.17) is 0 Å². The molecule has 0 amide bonds. The van der Waals surface area contributed by atoms with Crippen LogP contribution in [0.4, 0.5) is 0 Å². The van der Waals surface area contributed by atoms with E-state index in [0.717, 1.165) is 21.9 Å². The Balaban J connectivity index is 1.69. The maximum absolute atomic E-state index is 12.4. The molecule has 2 aromatic carbocycles. The number of aliphatic hydroxyl groups excluding tert-OH is 3. The highest BCUT2D eigenvalue weighted by Crippen LogP contribution is 2.34. The van der Waals surface area contributed by atoms with Crippen LogP contribution >= 0.6 is 0 Å². The van der Waals surface area contributed by atoms with Gasteiger partial charge in [-0.05, 0) is 64.8 Å². The van der Waals surface area contributed by atoms with Gasteiger partial charge in [-0.25, -0.2) is 8.42 Å². The molecule has 0 fully saturated rings. The van der Waals surface area contributed by atoms with E-state index < -0.39 is 34.4 Å². The number of phenolic OH excluding ortho intramolecular Hbond substituents is 1. The van der Waals surface area contributed by atoms with Gasteiger partial charge in [-0.2, -0.15) is 0 Å². The molecule has 8 heteroatoms. The van der Waals surface area contributed by atoms with Crippen molar-refractivity contribution in [3.05, 3.63) is 83.2 Å². The zero-order valence-electron chi connectivity index (χ0n) is 18.5. The molecule has 3 aromatic rings. The third-order valence-corrected chi connectivity index (χ3v) is 8.25. The number of fused-ring (bicyclic) bond motifs is 1. The molecule has 2 atom stereocenters. The Labute approximate surface area is 198 Å². The summed E-state index contributed by atoms with van der Waals surface area (Å²) in [5.41, 5.74) is 2.85. The smallest absolute Gasteiger partial charge is 0.163 e. The Morgan fingerprint density at radius 3 is 2.47 bits per heavy atom. The molecule has 1 aliphatic rings. The summed E-state index contributed by atoms with van der Waals surface area (Å²) >= 11 is 0. The van der Waals surface area contributed by atoms with Gasteiger partial charge in [-0.1, -0.05) is 36.4 Å². The number of phenols is 1. The van der Waals surface area contributed by atoms with Crippen molar-refractivity contribution in [2.75, 3.05) is 19.0 Å². The number of allylic oxidation sites excluding steroid dienone is 1. The third-order valence-electron chi connectivity index (χ3n) is 6.23. The monoisotopic (exact) mass is 481 g/mol. The van der Waals surface area contributed by atoms with Crippen molar-refractivity contribution in [3.8, 4) is 5.75 Å². The first-order valence-electron chi connectivity index (χ1n) is 11.0. The lowest BCUT2D eigenvalue weighted by atomic mass is 9.93. The normalized spacial score (nSPS) is 19.0. The van der Waals surface area contributed by atoms with Crippen molar-refractivity contribution in [2.45, 2.75) is 24.2 Å². The SMILES string of the molecule is O=S1(=O)CC(CO)=C([C@H](O)CC/C(=C/c2ccc(O)c3ccccc23)c2ccccn2)[C@@H]1CO. The van der Waals surface area contributed by atoms with E-state index in [1.54, 1.807) is 18.3 Å². The largest absolute Gasteiger partial charge is 0.507 e. The highest BCUT2D eigenvalue weighted by Gasteiger charge is 2.40. The Hall–Kier alpha value is -3.04. The zero-order chi connectivity index (χ0) is 24.3. The lowest BCUT2D eigenvalue weighted by Gasteiger charge is -2.19. The minimum atomic E-state index is -3.66. The van der Waals surface area contributed by atoms with Gasteiger partial charge in [-0.15, -0.1) is 0 Å². The van der Waals surface area contributed by atoms with Gasteiger partial charge in [0, 0.05) is 11.6 Å². The molecule has 0 unspecified atom stereocenters. The van der Waals surface area contributed by atoms with Gasteiger partial charge in [0.1, 0.15) is 11.0 Å². The number of nitrogens with zero attached hydrogens (tertiary/aromatic N) is 1. The summed E-state index contributed by atoms with van der Waals surface area (Å²) in [5.74, 6) is -0.174. The summed E-state index contributed by atoms with van der Waals surface area (Å²) in [6.45, 7) is -1.12. The number of rotatable bonds is 8. The summed E-state index contributed by atoms with van der Waals surface area (Å²) in [5, 5.41) is 40.8. The lowest BCUT2D eigenvalue weighted by Crippen LogP contribution is -2.29. The van der Waals surface area contributed by atoms with E-state index in [0.29, 0.717) is 12.1 Å². The van der Waals surface area contributed by atoms with E-state index >= 15 is 0 Å². The molecule has 7 nitrogen and oxygen atoms in total. The molecular formula is C26H27NO6S. The molecule has 0 bridgehead atoms. The van der Waals surface area contributed by atoms with Crippen LogP contribution in [-0.4, -0.2) is 64.1 Å². The molecule has 178 valence electrons. The van der Waals surface area contributed by atoms with Gasteiger partial charge in [0.25, 0.3) is 0 Å². The molecule has 4 rings (SSSR count). The molecular weight excluding hydrogens is 454 g/mol. The van der Waals surface area contributed by atoms with Crippen LogP contribution in [0.3, 0.4) is 0 Å². The number of aliphatic hydroxyl groups is 3. The Morgan fingerprint density at radius 2 is 1.79 bits per heavy atom. The average Bonchev–Trinajstić information content (AvgIpc) is 3.13. The van der Waals surface area contributed by atoms with Crippen LogP contribution in [0.15, 0.2) is 71.9 Å². The van der Waals surface area contributed by atoms with Crippen molar-refractivity contribution < 1.29 is 28.8 Å². The van der Waals surface area contributed by atoms with Gasteiger partial charge in [0.15, 0.2) is 9.84 Å². The fourth-order valence-corrected chi connectivity index (χ4v) is 6.42. The number of aromatic nitrogens is 1. The highest BCUT2D eigenvalue weighted by atomic mass is 32.2. The van der Waals surface area contributed by atoms with Crippen molar-refractivity contribution in [3.63, 3.8) is 0 Å². The van der Waals surface area contributed by atoms with Gasteiger partial charge < -0.3 is 20.4 Å². The number of sulfone groups is 1. The molecule has 0 spiro atoms. The van der Waals surface area contributed by atoms with Crippen molar-refractivity contribution >= 4 is 32.3 Å². The Morgan fingerprint density at radius 1 is 1.06 bits per heavy atom. The minimum absolute atomic E-state index is 0.184. The molecule has 0 aliphatic carbocycles. The van der Waals surface area contributed by atoms with Crippen LogP contribution in [0.25, 0.3) is 22.4 Å². The second kappa shape index (κ2) is 10.1. The Bertz CT molecular complexity index is 1350. The van der Waals surface area contributed by atoms with Crippen LogP contribution in [0.2, 0.25) is 0 Å². The molecule has 1 aromatic heterocycles. The van der Waals surface area contributed by atoms with Gasteiger partial charge in [0.2, 0.25) is 0 Å². The summed E-state index contributed by atoms with van der Waals surface area (Å²) in [4.78, 5) is 4.45. The molecule has 0 saturated heterocycles. The Kier molecular flexibility index (Phi) is 7.13. The zero-order valence-corrected chi connectivity index (χ0v) is 19.3. The van der Waals surface area contributed by atoms with E-state index in [9.17, 15) is 28.8 Å². The van der Waals surface area contributed by atoms with Crippen LogP contribution in [0.5, 0.6) is 5.75 Å². The van der Waals surface area contributed by atoms with E-state index in [-0.39, 0.29) is 29.1 Å². The molecule has 2 heterocycles. The molecule has 4 N–H and O–H groups in total. The van der Waals surface area contributed by atoms with Gasteiger partial charge >= 0.3 is 0 Å². The molecule has 0 saturated carbocycles. The first-order valence-corrected chi connectivity index (χ1v) is 12.7. The number of pyridine rings is 1. The molecule has 1 aliphatic heterocycles. The fraction of sp³-hybridized carbons (Fsp3) is 0.269. The van der Waals surface area contributed by atoms with Crippen molar-refractivity contribution in [1.82, 2.24) is 4.98 Å². The average molecular weight is 482 g/mol. The van der Waals surface area contributed by atoms with Gasteiger partial charge in [0.05, 0.1) is 30.8 Å². The predicted molar refractivity (Wildman–Crippen MR) is 132 cm³/mol. The summed E-state index contributed by atoms with van der Waals surface area (Å²) < 4.78 is 24.7. The van der Waals surface area contributed by atoms with E-state index in [1.165, 1.54) is 0 Å². The predicted octanol–water partition coefficient (Wildman–Crippen LogP) is 2.70. The first kappa shape index (κ1) is 24.1. The number of hydrogen-bond donors (Lipinski definition) is 4. The maximum Gasteiger partial charge on any atom is 0.163 e. The standard InChI is InChI=1S/C26H27NO6S/c28-14-19-16-34(32,33)25(15-29)26(19)24(31)11-9-18(22-7-3-4-12-27-22)13-17-8-10-23(30)21-6-2-1-5-20(17)21/h1-8,10,12-13,24-25,28-31H,9,11,14-16H2/b18-13-/t24-,25+/m1/s1. The van der Waals surface area contributed by atoms with Crippen LogP contribution in [-0.2, 0) is 9.84 Å². The third kappa shape index (κ3) is 4.76. The fourth-order valence-electron chi connectivity index (χ4n) is 4.54. The second-order valence-electron chi connectivity index (χ2n) is 8.35. The van der Waals surface area contributed by atoms with E-state index in [1.807, 2.05) is 48.5 Å². The van der Waals surface area contributed by atoms with Crippen molar-refractivity contribution in [1.29, 1.82) is 0 Å². The van der Waals surface area contributed by atoms with Crippen molar-refractivity contribution in [2.24, 2.45) is 0 Å². The summed E-state index contributed by atoms with van der Waals surface area (Å²) in [6, 6.07) is 16.5. The van der Waals surface area contributed by atoms with Crippen LogP contribution < -0.4 is 0 Å². The highest BCUT2D eigenvalue weighted by molar-refractivity contribution is 7.92. The second-order valence-corrected chi connectivity index (χ2v) is 10.5. The van der Waals surface area contributed by atoms with Crippen LogP contribution in [0, 0.1) is 0 Å².